The number of aromatic nitrogens is 4. The van der Waals surface area contributed by atoms with Gasteiger partial charge in [-0.15, -0.1) is 15.3 Å². The molecule has 0 aliphatic carbocycles. The number of para-hydroxylation sites is 2. The third kappa shape index (κ3) is 3.36. The summed E-state index contributed by atoms with van der Waals surface area (Å²) in [5.41, 5.74) is 1.39. The number of hydrogen-bond donors (Lipinski definition) is 0. The van der Waals surface area contributed by atoms with Gasteiger partial charge in [0.2, 0.25) is 5.82 Å². The molecule has 1 fully saturated rings. The van der Waals surface area contributed by atoms with Crippen LogP contribution in [-0.4, -0.2) is 52.6 Å². The van der Waals surface area contributed by atoms with Crippen molar-refractivity contribution in [2.24, 2.45) is 0 Å². The van der Waals surface area contributed by atoms with E-state index in [9.17, 15) is 8.78 Å². The van der Waals surface area contributed by atoms with E-state index in [4.69, 9.17) is 4.74 Å². The molecule has 4 rings (SSSR count). The summed E-state index contributed by atoms with van der Waals surface area (Å²) < 4.78 is 32.9. The average Bonchev–Trinajstić information content (AvgIpc) is 3.12. The highest BCUT2D eigenvalue weighted by Crippen LogP contribution is 2.29. The molecule has 0 radical (unpaired) electrons. The predicted molar refractivity (Wildman–Crippen MR) is 97.8 cm³/mol. The number of nitrogens with zero attached hydrogens (tertiary/aromatic N) is 6. The van der Waals surface area contributed by atoms with Crippen LogP contribution in [0.1, 0.15) is 19.2 Å². The number of ether oxygens (including phenoxy) is 1. The standard InChI is InChI=1S/C18H20F2N6O/c1-2-27-14-6-4-3-5-13(14)24-9-11-25(12-10-24)16-8-7-15-21-22-18(17(19)20)26(15)23-16/h3-8,17H,2,9-12H2,1H3. The largest absolute Gasteiger partial charge is 0.492 e. The van der Waals surface area contributed by atoms with E-state index in [1.165, 1.54) is 0 Å². The number of halogens is 2. The summed E-state index contributed by atoms with van der Waals surface area (Å²) in [5.74, 6) is 1.08. The molecule has 1 aliphatic heterocycles. The van der Waals surface area contributed by atoms with Gasteiger partial charge in [0.25, 0.3) is 6.43 Å². The van der Waals surface area contributed by atoms with Crippen molar-refractivity contribution in [2.75, 3.05) is 42.6 Å². The molecular formula is C18H20F2N6O. The van der Waals surface area contributed by atoms with Crippen molar-refractivity contribution in [2.45, 2.75) is 13.3 Å². The first-order chi connectivity index (χ1) is 13.2. The Hall–Kier alpha value is -2.97. The number of benzene rings is 1. The second-order valence-electron chi connectivity index (χ2n) is 6.20. The Labute approximate surface area is 155 Å². The SMILES string of the molecule is CCOc1ccccc1N1CCN(c2ccc3nnc(C(F)F)n3n2)CC1. The third-order valence-electron chi connectivity index (χ3n) is 4.58. The van der Waals surface area contributed by atoms with Crippen molar-refractivity contribution < 1.29 is 13.5 Å². The summed E-state index contributed by atoms with van der Waals surface area (Å²) in [6, 6.07) is 11.4. The zero-order valence-electron chi connectivity index (χ0n) is 14.9. The van der Waals surface area contributed by atoms with Gasteiger partial charge in [-0.1, -0.05) is 12.1 Å². The average molecular weight is 374 g/mol. The Morgan fingerprint density at radius 1 is 1.00 bits per heavy atom. The summed E-state index contributed by atoms with van der Waals surface area (Å²) in [5, 5.41) is 11.6. The van der Waals surface area contributed by atoms with Gasteiger partial charge < -0.3 is 14.5 Å². The van der Waals surface area contributed by atoms with Gasteiger partial charge in [-0.05, 0) is 31.2 Å². The molecule has 1 saturated heterocycles. The van der Waals surface area contributed by atoms with E-state index in [1.54, 1.807) is 12.1 Å². The minimum atomic E-state index is -2.71. The molecule has 2 aromatic heterocycles. The summed E-state index contributed by atoms with van der Waals surface area (Å²) >= 11 is 0. The highest BCUT2D eigenvalue weighted by molar-refractivity contribution is 5.59. The molecule has 142 valence electrons. The van der Waals surface area contributed by atoms with Gasteiger partial charge >= 0.3 is 0 Å². The van der Waals surface area contributed by atoms with Crippen molar-refractivity contribution in [1.82, 2.24) is 19.8 Å². The highest BCUT2D eigenvalue weighted by Gasteiger charge is 2.22. The lowest BCUT2D eigenvalue weighted by Gasteiger charge is -2.37. The molecule has 1 aliphatic rings. The summed E-state index contributed by atoms with van der Waals surface area (Å²) in [7, 11) is 0. The van der Waals surface area contributed by atoms with Gasteiger partial charge in [-0.3, -0.25) is 0 Å². The molecule has 27 heavy (non-hydrogen) atoms. The Balaban J connectivity index is 1.51. The fourth-order valence-electron chi connectivity index (χ4n) is 3.27. The van der Waals surface area contributed by atoms with Crippen LogP contribution in [0, 0.1) is 0 Å². The number of rotatable bonds is 5. The van der Waals surface area contributed by atoms with Crippen LogP contribution in [0.4, 0.5) is 20.3 Å². The lowest BCUT2D eigenvalue weighted by Crippen LogP contribution is -2.47. The lowest BCUT2D eigenvalue weighted by atomic mass is 10.2. The maximum absolute atomic E-state index is 13.0. The van der Waals surface area contributed by atoms with E-state index >= 15 is 0 Å². The normalized spacial score (nSPS) is 15.0. The van der Waals surface area contributed by atoms with E-state index in [0.717, 1.165) is 42.1 Å². The molecule has 3 heterocycles. The highest BCUT2D eigenvalue weighted by atomic mass is 19.3. The van der Waals surface area contributed by atoms with Crippen LogP contribution >= 0.6 is 0 Å². The molecule has 9 heteroatoms. The molecule has 0 amide bonds. The van der Waals surface area contributed by atoms with Crippen molar-refractivity contribution in [3.8, 4) is 5.75 Å². The molecular weight excluding hydrogens is 354 g/mol. The number of alkyl halides is 2. The smallest absolute Gasteiger partial charge is 0.299 e. The fraction of sp³-hybridized carbons (Fsp3) is 0.389. The molecule has 0 saturated carbocycles. The Morgan fingerprint density at radius 2 is 1.74 bits per heavy atom. The van der Waals surface area contributed by atoms with E-state index in [1.807, 2.05) is 25.1 Å². The Bertz CT molecular complexity index is 923. The zero-order valence-corrected chi connectivity index (χ0v) is 14.9. The number of fused-ring (bicyclic) bond motifs is 1. The van der Waals surface area contributed by atoms with Crippen molar-refractivity contribution in [3.05, 3.63) is 42.2 Å². The Kier molecular flexibility index (Phi) is 4.74. The van der Waals surface area contributed by atoms with Gasteiger partial charge in [-0.2, -0.15) is 4.52 Å². The fourth-order valence-corrected chi connectivity index (χ4v) is 3.27. The molecule has 3 aromatic rings. The van der Waals surface area contributed by atoms with Gasteiger partial charge in [0, 0.05) is 26.2 Å². The maximum Gasteiger partial charge on any atom is 0.299 e. The minimum Gasteiger partial charge on any atom is -0.492 e. The topological polar surface area (TPSA) is 58.8 Å². The molecule has 0 spiro atoms. The van der Waals surface area contributed by atoms with Crippen LogP contribution in [0.25, 0.3) is 5.65 Å². The predicted octanol–water partition coefficient (Wildman–Crippen LogP) is 2.79. The minimum absolute atomic E-state index is 0.318. The molecule has 0 atom stereocenters. The summed E-state index contributed by atoms with van der Waals surface area (Å²) in [6.45, 7) is 5.61. The van der Waals surface area contributed by atoms with Crippen LogP contribution < -0.4 is 14.5 Å². The third-order valence-corrected chi connectivity index (χ3v) is 4.58. The number of anilines is 2. The van der Waals surface area contributed by atoms with Crippen LogP contribution in [-0.2, 0) is 0 Å². The first-order valence-electron chi connectivity index (χ1n) is 8.89. The van der Waals surface area contributed by atoms with Gasteiger partial charge in [-0.25, -0.2) is 8.78 Å². The van der Waals surface area contributed by atoms with Gasteiger partial charge in [0.05, 0.1) is 12.3 Å². The first-order valence-corrected chi connectivity index (χ1v) is 8.89. The maximum atomic E-state index is 13.0. The van der Waals surface area contributed by atoms with E-state index in [-0.39, 0.29) is 0 Å². The zero-order chi connectivity index (χ0) is 18.8. The quantitative estimate of drug-likeness (QED) is 0.685. The van der Waals surface area contributed by atoms with Crippen LogP contribution in [0.5, 0.6) is 5.75 Å². The van der Waals surface area contributed by atoms with E-state index < -0.39 is 12.2 Å². The molecule has 0 bridgehead atoms. The number of piperazine rings is 1. The molecule has 0 N–H and O–H groups in total. The van der Waals surface area contributed by atoms with Crippen molar-refractivity contribution in [1.29, 1.82) is 0 Å². The van der Waals surface area contributed by atoms with Crippen LogP contribution in [0.2, 0.25) is 0 Å². The van der Waals surface area contributed by atoms with Crippen molar-refractivity contribution >= 4 is 17.2 Å². The second-order valence-corrected chi connectivity index (χ2v) is 6.20. The van der Waals surface area contributed by atoms with Crippen LogP contribution in [0.15, 0.2) is 36.4 Å². The molecule has 0 unspecified atom stereocenters. The first kappa shape index (κ1) is 17.4. The van der Waals surface area contributed by atoms with E-state index in [2.05, 4.69) is 31.2 Å². The summed E-state index contributed by atoms with van der Waals surface area (Å²) in [6.07, 6.45) is -2.71. The second kappa shape index (κ2) is 7.34. The lowest BCUT2D eigenvalue weighted by molar-refractivity contribution is 0.137. The summed E-state index contributed by atoms with van der Waals surface area (Å²) in [4.78, 5) is 4.35. The van der Waals surface area contributed by atoms with Crippen LogP contribution in [0.3, 0.4) is 0 Å². The van der Waals surface area contributed by atoms with Gasteiger partial charge in [0.1, 0.15) is 11.6 Å². The Morgan fingerprint density at radius 3 is 2.48 bits per heavy atom. The molecule has 1 aromatic carbocycles. The van der Waals surface area contributed by atoms with Gasteiger partial charge in [0.15, 0.2) is 5.65 Å². The number of hydrogen-bond acceptors (Lipinski definition) is 6. The molecule has 7 nitrogen and oxygen atoms in total. The van der Waals surface area contributed by atoms with Crippen molar-refractivity contribution in [3.63, 3.8) is 0 Å². The van der Waals surface area contributed by atoms with E-state index in [0.29, 0.717) is 18.1 Å². The monoisotopic (exact) mass is 374 g/mol.